The van der Waals surface area contributed by atoms with E-state index in [-0.39, 0.29) is 27.8 Å². The largest absolute Gasteiger partial charge is 1.00 e. The molecule has 0 radical (unpaired) electrons. The summed E-state index contributed by atoms with van der Waals surface area (Å²) in [7, 11) is -1.92. The minimum atomic E-state index is -1.92. The van der Waals surface area contributed by atoms with E-state index in [9.17, 15) is 0 Å². The molecule has 0 unspecified atom stereocenters. The molecule has 0 bridgehead atoms. The Morgan fingerprint density at radius 2 is 0.800 bits per heavy atom. The lowest BCUT2D eigenvalue weighted by atomic mass is 9.80. The van der Waals surface area contributed by atoms with Crippen molar-refractivity contribution in [3.63, 3.8) is 0 Å². The van der Waals surface area contributed by atoms with Gasteiger partial charge in [-0.25, -0.2) is 0 Å². The van der Waals surface area contributed by atoms with Crippen molar-refractivity contribution in [1.29, 1.82) is 0 Å². The van der Waals surface area contributed by atoms with Crippen LogP contribution in [0.15, 0.2) is 109 Å². The van der Waals surface area contributed by atoms with Crippen LogP contribution in [0.2, 0.25) is 0 Å². The van der Waals surface area contributed by atoms with Gasteiger partial charge in [0, 0.05) is 0 Å². The standard InChI is InChI=1S/C33H38P.BrH/c1-32(2,3)27-22-26(23-28(24-27)33(4,5)6)25-34(29-16-10-7-11-17-29,30-18-12-8-13-19-30)31-20-14-9-15-21-31;/h7-24H,25H2,1-6H3;1H/q+1;/p-1. The summed E-state index contributed by atoms with van der Waals surface area (Å²) >= 11 is 0. The van der Waals surface area contributed by atoms with E-state index in [1.807, 2.05) is 0 Å². The van der Waals surface area contributed by atoms with Gasteiger partial charge in [-0.15, -0.1) is 0 Å². The second kappa shape index (κ2) is 10.8. The number of hydrogen-bond acceptors (Lipinski definition) is 0. The molecule has 0 heterocycles. The molecule has 0 atom stereocenters. The van der Waals surface area contributed by atoms with Gasteiger partial charge in [-0.1, -0.05) is 114 Å². The Morgan fingerprint density at radius 3 is 1.09 bits per heavy atom. The summed E-state index contributed by atoms with van der Waals surface area (Å²) in [6.07, 6.45) is 1.01. The third-order valence-electron chi connectivity index (χ3n) is 6.74. The fraction of sp³-hybridized carbons (Fsp3) is 0.273. The summed E-state index contributed by atoms with van der Waals surface area (Å²) < 4.78 is 0. The third-order valence-corrected chi connectivity index (χ3v) is 11.1. The first kappa shape index (κ1) is 27.4. The van der Waals surface area contributed by atoms with Gasteiger partial charge >= 0.3 is 0 Å². The molecule has 0 saturated heterocycles. The summed E-state index contributed by atoms with van der Waals surface area (Å²) in [5.41, 5.74) is 4.47. The fourth-order valence-corrected chi connectivity index (χ4v) is 8.91. The van der Waals surface area contributed by atoms with Gasteiger partial charge in [0.2, 0.25) is 0 Å². The van der Waals surface area contributed by atoms with E-state index < -0.39 is 7.26 Å². The molecule has 0 aromatic heterocycles. The van der Waals surface area contributed by atoms with Crippen molar-refractivity contribution in [3.05, 3.63) is 126 Å². The summed E-state index contributed by atoms with van der Waals surface area (Å²) in [5, 5.41) is 4.31. The van der Waals surface area contributed by atoms with E-state index in [1.165, 1.54) is 32.6 Å². The predicted octanol–water partition coefficient (Wildman–Crippen LogP) is 4.78. The SMILES string of the molecule is CC(C)(C)c1cc(C[P+](c2ccccc2)(c2ccccc2)c2ccccc2)cc(C(C)(C)C)c1.[Br-]. The minimum Gasteiger partial charge on any atom is -1.00 e. The van der Waals surface area contributed by atoms with Crippen LogP contribution in [0.4, 0.5) is 0 Å². The quantitative estimate of drug-likeness (QED) is 0.317. The number of hydrogen-bond donors (Lipinski definition) is 0. The van der Waals surface area contributed by atoms with Crippen molar-refractivity contribution in [2.24, 2.45) is 0 Å². The fourth-order valence-electron chi connectivity index (χ4n) is 4.69. The van der Waals surface area contributed by atoms with Crippen molar-refractivity contribution >= 4 is 23.2 Å². The van der Waals surface area contributed by atoms with Gasteiger partial charge in [0.05, 0.1) is 6.16 Å². The summed E-state index contributed by atoms with van der Waals surface area (Å²) in [6, 6.07) is 41.0. The van der Waals surface area contributed by atoms with Crippen molar-refractivity contribution < 1.29 is 17.0 Å². The lowest BCUT2D eigenvalue weighted by Gasteiger charge is -2.30. The van der Waals surface area contributed by atoms with Crippen LogP contribution >= 0.6 is 7.26 Å². The predicted molar refractivity (Wildman–Crippen MR) is 153 cm³/mol. The highest BCUT2D eigenvalue weighted by atomic mass is 79.9. The highest BCUT2D eigenvalue weighted by molar-refractivity contribution is 7.95. The number of benzene rings is 4. The van der Waals surface area contributed by atoms with Gasteiger partial charge in [0.25, 0.3) is 0 Å². The average molecular weight is 546 g/mol. The van der Waals surface area contributed by atoms with E-state index in [4.69, 9.17) is 0 Å². The van der Waals surface area contributed by atoms with Gasteiger partial charge in [-0.3, -0.25) is 0 Å². The molecule has 0 saturated carbocycles. The van der Waals surface area contributed by atoms with Crippen LogP contribution in [0.25, 0.3) is 0 Å². The first-order valence-electron chi connectivity index (χ1n) is 12.3. The van der Waals surface area contributed by atoms with Gasteiger partial charge in [-0.05, 0) is 63.9 Å². The molecule has 4 aromatic carbocycles. The Morgan fingerprint density at radius 1 is 0.486 bits per heavy atom. The molecule has 0 amide bonds. The number of halogens is 1. The van der Waals surface area contributed by atoms with Gasteiger partial charge in [0.1, 0.15) is 23.2 Å². The van der Waals surface area contributed by atoms with Crippen LogP contribution in [0.1, 0.15) is 58.2 Å². The molecule has 0 N–H and O–H groups in total. The Balaban J connectivity index is 0.00000342. The van der Waals surface area contributed by atoms with Crippen molar-refractivity contribution in [3.8, 4) is 0 Å². The topological polar surface area (TPSA) is 0 Å². The van der Waals surface area contributed by atoms with Crippen LogP contribution < -0.4 is 32.9 Å². The molecule has 0 aliphatic heterocycles. The molecule has 182 valence electrons. The van der Waals surface area contributed by atoms with Gasteiger partial charge in [0.15, 0.2) is 0 Å². The second-order valence-electron chi connectivity index (χ2n) is 11.4. The molecule has 4 aromatic rings. The Bertz CT molecular complexity index is 1090. The van der Waals surface area contributed by atoms with Crippen molar-refractivity contribution in [2.75, 3.05) is 0 Å². The van der Waals surface area contributed by atoms with Crippen LogP contribution in [0.3, 0.4) is 0 Å². The van der Waals surface area contributed by atoms with E-state index in [0.717, 1.165) is 6.16 Å². The Kier molecular flexibility index (Phi) is 8.46. The smallest absolute Gasteiger partial charge is 0.116 e. The monoisotopic (exact) mass is 544 g/mol. The molecule has 0 fully saturated rings. The molecule has 0 nitrogen and oxygen atoms in total. The van der Waals surface area contributed by atoms with Crippen LogP contribution in [-0.2, 0) is 17.0 Å². The Hall–Kier alpha value is -2.21. The lowest BCUT2D eigenvalue weighted by molar-refractivity contribution is -0.00000766. The van der Waals surface area contributed by atoms with Gasteiger partial charge in [-0.2, -0.15) is 0 Å². The second-order valence-corrected chi connectivity index (χ2v) is 14.9. The van der Waals surface area contributed by atoms with Crippen molar-refractivity contribution in [2.45, 2.75) is 58.5 Å². The minimum absolute atomic E-state index is 0. The first-order valence-corrected chi connectivity index (χ1v) is 14.3. The van der Waals surface area contributed by atoms with Crippen LogP contribution in [-0.4, -0.2) is 0 Å². The maximum atomic E-state index is 2.47. The summed E-state index contributed by atoms with van der Waals surface area (Å²) in [5.74, 6) is 0. The lowest BCUT2D eigenvalue weighted by Crippen LogP contribution is -3.00. The van der Waals surface area contributed by atoms with E-state index in [2.05, 4.69) is 151 Å². The normalized spacial score (nSPS) is 12.2. The van der Waals surface area contributed by atoms with E-state index >= 15 is 0 Å². The number of rotatable bonds is 5. The van der Waals surface area contributed by atoms with E-state index in [0.29, 0.717) is 0 Å². The van der Waals surface area contributed by atoms with E-state index in [1.54, 1.807) is 0 Å². The zero-order valence-corrected chi connectivity index (χ0v) is 24.4. The molecule has 4 rings (SSSR count). The zero-order chi connectivity index (χ0) is 24.4. The average Bonchev–Trinajstić information content (AvgIpc) is 2.83. The molecular formula is C33H38BrP. The van der Waals surface area contributed by atoms with Crippen LogP contribution in [0, 0.1) is 0 Å². The Labute approximate surface area is 223 Å². The highest BCUT2D eigenvalue weighted by Gasteiger charge is 2.45. The van der Waals surface area contributed by atoms with Crippen LogP contribution in [0.5, 0.6) is 0 Å². The maximum absolute atomic E-state index is 2.47. The molecule has 35 heavy (non-hydrogen) atoms. The summed E-state index contributed by atoms with van der Waals surface area (Å²) in [4.78, 5) is 0. The molecule has 0 aliphatic carbocycles. The molecule has 0 aliphatic rings. The molecule has 2 heteroatoms. The summed E-state index contributed by atoms with van der Waals surface area (Å²) in [6.45, 7) is 14.0. The molecular weight excluding hydrogens is 507 g/mol. The van der Waals surface area contributed by atoms with Crippen molar-refractivity contribution in [1.82, 2.24) is 0 Å². The maximum Gasteiger partial charge on any atom is 0.116 e. The zero-order valence-electron chi connectivity index (χ0n) is 21.9. The third kappa shape index (κ3) is 5.96. The molecule has 0 spiro atoms. The highest BCUT2D eigenvalue weighted by Crippen LogP contribution is 2.58. The first-order chi connectivity index (χ1) is 16.1. The van der Waals surface area contributed by atoms with Gasteiger partial charge < -0.3 is 17.0 Å².